The van der Waals surface area contributed by atoms with Crippen molar-refractivity contribution in [3.63, 3.8) is 0 Å². The second-order valence-electron chi connectivity index (χ2n) is 6.80. The number of carbonyl (C=O) groups is 2. The van der Waals surface area contributed by atoms with Gasteiger partial charge in [-0.15, -0.1) is 13.2 Å². The summed E-state index contributed by atoms with van der Waals surface area (Å²) in [5.41, 5.74) is 1.20. The van der Waals surface area contributed by atoms with E-state index in [2.05, 4.69) is 10.1 Å². The minimum atomic E-state index is -4.82. The van der Waals surface area contributed by atoms with Gasteiger partial charge in [0.25, 0.3) is 5.91 Å². The van der Waals surface area contributed by atoms with Crippen LogP contribution in [0.4, 0.5) is 18.9 Å². The molecule has 9 heteroatoms. The van der Waals surface area contributed by atoms with Crippen LogP contribution in [0.2, 0.25) is 0 Å². The van der Waals surface area contributed by atoms with E-state index in [0.717, 1.165) is 17.7 Å². The van der Waals surface area contributed by atoms with Gasteiger partial charge < -0.3 is 19.7 Å². The van der Waals surface area contributed by atoms with Gasteiger partial charge in [-0.05, 0) is 30.2 Å². The summed E-state index contributed by atoms with van der Waals surface area (Å²) in [5, 5.41) is 2.69. The number of halogens is 3. The second kappa shape index (κ2) is 7.31. The predicted molar refractivity (Wildman–Crippen MR) is 96.6 cm³/mol. The predicted octanol–water partition coefficient (Wildman–Crippen LogP) is 2.81. The standard InChI is InChI=1S/C20H17F3N2O4/c21-20(22,23)29-14-6-3-5-13(11-14)25-9-8-15(19(25)27)24-18(26)17-10-12-4-1-2-7-16(12)28-17/h1-7,11,15,17H,8-10H2,(H,24,26). The van der Waals surface area contributed by atoms with Gasteiger partial charge in [-0.25, -0.2) is 0 Å². The molecule has 4 rings (SSSR count). The average molecular weight is 406 g/mol. The Morgan fingerprint density at radius 3 is 2.72 bits per heavy atom. The van der Waals surface area contributed by atoms with Crippen molar-refractivity contribution in [2.45, 2.75) is 31.3 Å². The van der Waals surface area contributed by atoms with E-state index in [1.807, 2.05) is 18.2 Å². The van der Waals surface area contributed by atoms with Crippen LogP contribution >= 0.6 is 0 Å². The molecule has 0 spiro atoms. The van der Waals surface area contributed by atoms with E-state index >= 15 is 0 Å². The fourth-order valence-corrected chi connectivity index (χ4v) is 3.51. The largest absolute Gasteiger partial charge is 0.573 e. The molecular formula is C20H17F3N2O4. The van der Waals surface area contributed by atoms with Gasteiger partial charge >= 0.3 is 6.36 Å². The Kier molecular flexibility index (Phi) is 4.81. The molecule has 1 N–H and O–H groups in total. The smallest absolute Gasteiger partial charge is 0.480 e. The quantitative estimate of drug-likeness (QED) is 0.848. The number of rotatable bonds is 4. The summed E-state index contributed by atoms with van der Waals surface area (Å²) in [6.07, 6.45) is -4.76. The minimum Gasteiger partial charge on any atom is -0.480 e. The highest BCUT2D eigenvalue weighted by molar-refractivity contribution is 6.01. The van der Waals surface area contributed by atoms with E-state index in [1.54, 1.807) is 6.07 Å². The zero-order valence-electron chi connectivity index (χ0n) is 15.1. The zero-order chi connectivity index (χ0) is 20.6. The Morgan fingerprint density at radius 2 is 1.97 bits per heavy atom. The maximum atomic E-state index is 12.7. The van der Waals surface area contributed by atoms with Crippen molar-refractivity contribution in [3.05, 3.63) is 54.1 Å². The van der Waals surface area contributed by atoms with Gasteiger partial charge in [0.15, 0.2) is 6.10 Å². The molecule has 0 aromatic heterocycles. The van der Waals surface area contributed by atoms with Crippen LogP contribution in [0, 0.1) is 0 Å². The van der Waals surface area contributed by atoms with Gasteiger partial charge in [0.05, 0.1) is 0 Å². The summed E-state index contributed by atoms with van der Waals surface area (Å²) in [7, 11) is 0. The van der Waals surface area contributed by atoms with E-state index in [4.69, 9.17) is 4.74 Å². The lowest BCUT2D eigenvalue weighted by molar-refractivity contribution is -0.274. The van der Waals surface area contributed by atoms with Gasteiger partial charge in [0, 0.05) is 24.7 Å². The maximum Gasteiger partial charge on any atom is 0.573 e. The third-order valence-electron chi connectivity index (χ3n) is 4.82. The summed E-state index contributed by atoms with van der Waals surface area (Å²) in [4.78, 5) is 26.5. The van der Waals surface area contributed by atoms with Crippen LogP contribution in [0.15, 0.2) is 48.5 Å². The molecule has 2 amide bonds. The first-order chi connectivity index (χ1) is 13.8. The Morgan fingerprint density at radius 1 is 1.17 bits per heavy atom. The number of fused-ring (bicyclic) bond motifs is 1. The first kappa shape index (κ1) is 19.1. The normalized spacial score (nSPS) is 20.9. The Labute approximate surface area is 164 Å². The monoisotopic (exact) mass is 406 g/mol. The number of para-hydroxylation sites is 1. The van der Waals surface area contributed by atoms with Gasteiger partial charge in [0.2, 0.25) is 5.91 Å². The molecule has 152 valence electrons. The number of alkyl halides is 3. The number of benzene rings is 2. The number of ether oxygens (including phenoxy) is 2. The van der Waals surface area contributed by atoms with E-state index in [0.29, 0.717) is 18.6 Å². The van der Waals surface area contributed by atoms with Crippen LogP contribution in [0.5, 0.6) is 11.5 Å². The van der Waals surface area contributed by atoms with Crippen molar-refractivity contribution < 1.29 is 32.2 Å². The third-order valence-corrected chi connectivity index (χ3v) is 4.82. The average Bonchev–Trinajstić information content (AvgIpc) is 3.25. The number of amides is 2. The Balaban J connectivity index is 1.39. The highest BCUT2D eigenvalue weighted by atomic mass is 19.4. The number of anilines is 1. The van der Waals surface area contributed by atoms with Crippen molar-refractivity contribution in [2.75, 3.05) is 11.4 Å². The SMILES string of the molecule is O=C(NC1CCN(c2cccc(OC(F)(F)F)c2)C1=O)C1Cc2ccccc2O1. The van der Waals surface area contributed by atoms with Gasteiger partial charge in [-0.2, -0.15) is 0 Å². The molecule has 0 saturated carbocycles. The minimum absolute atomic E-state index is 0.269. The molecule has 2 aliphatic rings. The molecule has 0 radical (unpaired) electrons. The molecule has 2 unspecified atom stereocenters. The Hall–Kier alpha value is -3.23. The van der Waals surface area contributed by atoms with Crippen molar-refractivity contribution in [1.29, 1.82) is 0 Å². The maximum absolute atomic E-state index is 12.7. The van der Waals surface area contributed by atoms with Crippen LogP contribution in [0.3, 0.4) is 0 Å². The zero-order valence-corrected chi connectivity index (χ0v) is 15.1. The van der Waals surface area contributed by atoms with Crippen molar-refractivity contribution >= 4 is 17.5 Å². The van der Waals surface area contributed by atoms with E-state index in [9.17, 15) is 22.8 Å². The fraction of sp³-hybridized carbons (Fsp3) is 0.300. The van der Waals surface area contributed by atoms with Crippen LogP contribution in [-0.2, 0) is 16.0 Å². The molecule has 1 saturated heterocycles. The molecule has 2 heterocycles. The highest BCUT2D eigenvalue weighted by Gasteiger charge is 2.37. The fourth-order valence-electron chi connectivity index (χ4n) is 3.51. The summed E-state index contributed by atoms with van der Waals surface area (Å²) in [5.74, 6) is -0.547. The first-order valence-corrected chi connectivity index (χ1v) is 9.02. The van der Waals surface area contributed by atoms with E-state index < -0.39 is 36.1 Å². The Bertz CT molecular complexity index is 922. The van der Waals surface area contributed by atoms with Gasteiger partial charge in [0.1, 0.15) is 17.5 Å². The lowest BCUT2D eigenvalue weighted by Gasteiger charge is -2.19. The van der Waals surface area contributed by atoms with Crippen LogP contribution in [0.1, 0.15) is 12.0 Å². The summed E-state index contributed by atoms with van der Waals surface area (Å²) in [6.45, 7) is 0.269. The van der Waals surface area contributed by atoms with Crippen molar-refractivity contribution in [3.8, 4) is 11.5 Å². The van der Waals surface area contributed by atoms with Crippen LogP contribution in [0.25, 0.3) is 0 Å². The molecule has 2 atom stereocenters. The molecule has 2 aliphatic heterocycles. The number of nitrogens with zero attached hydrogens (tertiary/aromatic N) is 1. The topological polar surface area (TPSA) is 67.9 Å². The molecule has 29 heavy (non-hydrogen) atoms. The third kappa shape index (κ3) is 4.13. The molecule has 2 aromatic carbocycles. The summed E-state index contributed by atoms with van der Waals surface area (Å²) in [6, 6.07) is 11.8. The molecular weight excluding hydrogens is 389 g/mol. The molecule has 2 aromatic rings. The van der Waals surface area contributed by atoms with Crippen molar-refractivity contribution in [2.24, 2.45) is 0 Å². The number of carbonyl (C=O) groups excluding carboxylic acids is 2. The molecule has 0 bridgehead atoms. The van der Waals surface area contributed by atoms with Crippen molar-refractivity contribution in [1.82, 2.24) is 5.32 Å². The van der Waals surface area contributed by atoms with E-state index in [-0.39, 0.29) is 12.2 Å². The number of nitrogens with one attached hydrogen (secondary N) is 1. The first-order valence-electron chi connectivity index (χ1n) is 9.02. The van der Waals surface area contributed by atoms with Crippen LogP contribution in [-0.4, -0.2) is 36.9 Å². The molecule has 6 nitrogen and oxygen atoms in total. The van der Waals surface area contributed by atoms with E-state index in [1.165, 1.54) is 17.0 Å². The second-order valence-corrected chi connectivity index (χ2v) is 6.80. The lowest BCUT2D eigenvalue weighted by atomic mass is 10.1. The lowest BCUT2D eigenvalue weighted by Crippen LogP contribution is -2.47. The molecule has 1 fully saturated rings. The summed E-state index contributed by atoms with van der Waals surface area (Å²) >= 11 is 0. The molecule has 0 aliphatic carbocycles. The summed E-state index contributed by atoms with van der Waals surface area (Å²) < 4.78 is 46.8. The van der Waals surface area contributed by atoms with Crippen LogP contribution < -0.4 is 19.7 Å². The van der Waals surface area contributed by atoms with Gasteiger partial charge in [-0.1, -0.05) is 24.3 Å². The highest BCUT2D eigenvalue weighted by Crippen LogP contribution is 2.30. The van der Waals surface area contributed by atoms with Gasteiger partial charge in [-0.3, -0.25) is 9.59 Å². The number of hydrogen-bond donors (Lipinski definition) is 1. The number of hydrogen-bond acceptors (Lipinski definition) is 4.